The predicted octanol–water partition coefficient (Wildman–Crippen LogP) is 2.69. The molecule has 0 saturated heterocycles. The Kier molecular flexibility index (Phi) is 4.39. The highest BCUT2D eigenvalue weighted by atomic mass is 32.2. The highest BCUT2D eigenvalue weighted by molar-refractivity contribution is 7.91. The smallest absolute Gasteiger partial charge is 0.250 e. The zero-order valence-electron chi connectivity index (χ0n) is 11.6. The molecule has 6 nitrogen and oxygen atoms in total. The standard InChI is InChI=1S/C13H13N3O3S3/c1-9-4-5-12(21-9)22(17,18)14-7-6-11-15-13(16-19-11)10-3-2-8-20-10/h2-5,8,14H,6-7H2,1H3. The Morgan fingerprint density at radius 1 is 1.32 bits per heavy atom. The van der Waals surface area contributed by atoms with Gasteiger partial charge in [-0.1, -0.05) is 11.2 Å². The zero-order valence-corrected chi connectivity index (χ0v) is 14.1. The largest absolute Gasteiger partial charge is 0.339 e. The highest BCUT2D eigenvalue weighted by Gasteiger charge is 2.16. The molecule has 1 N–H and O–H groups in total. The van der Waals surface area contributed by atoms with E-state index >= 15 is 0 Å². The number of hydrogen-bond acceptors (Lipinski definition) is 7. The summed E-state index contributed by atoms with van der Waals surface area (Å²) in [5, 5.41) is 5.82. The number of aryl methyl sites for hydroxylation is 1. The molecule has 0 amide bonds. The molecule has 3 rings (SSSR count). The lowest BCUT2D eigenvalue weighted by atomic mass is 10.4. The summed E-state index contributed by atoms with van der Waals surface area (Å²) in [7, 11) is -3.47. The van der Waals surface area contributed by atoms with Crippen molar-refractivity contribution < 1.29 is 12.9 Å². The SMILES string of the molecule is Cc1ccc(S(=O)(=O)NCCc2nc(-c3cccs3)no2)s1. The molecule has 0 radical (unpaired) electrons. The van der Waals surface area contributed by atoms with E-state index in [1.165, 1.54) is 22.7 Å². The minimum Gasteiger partial charge on any atom is -0.339 e. The lowest BCUT2D eigenvalue weighted by Crippen LogP contribution is -2.25. The van der Waals surface area contributed by atoms with Crippen molar-refractivity contribution in [2.24, 2.45) is 0 Å². The van der Waals surface area contributed by atoms with Gasteiger partial charge in [0.15, 0.2) is 0 Å². The summed E-state index contributed by atoms with van der Waals surface area (Å²) in [6.45, 7) is 2.08. The summed E-state index contributed by atoms with van der Waals surface area (Å²) in [6.07, 6.45) is 0.349. The van der Waals surface area contributed by atoms with Crippen LogP contribution in [0.1, 0.15) is 10.8 Å². The first-order valence-corrected chi connectivity index (χ1v) is 9.65. The third kappa shape index (κ3) is 3.43. The van der Waals surface area contributed by atoms with Gasteiger partial charge >= 0.3 is 0 Å². The number of hydrogen-bond donors (Lipinski definition) is 1. The van der Waals surface area contributed by atoms with E-state index in [0.29, 0.717) is 22.3 Å². The van der Waals surface area contributed by atoms with Crippen LogP contribution in [0, 0.1) is 6.92 Å². The fraction of sp³-hybridized carbons (Fsp3) is 0.231. The Hall–Kier alpha value is -1.55. The minimum atomic E-state index is -3.47. The van der Waals surface area contributed by atoms with Gasteiger partial charge in [-0.3, -0.25) is 0 Å². The van der Waals surface area contributed by atoms with Crippen molar-refractivity contribution in [3.63, 3.8) is 0 Å². The molecule has 0 aromatic carbocycles. The first kappa shape index (κ1) is 15.3. The van der Waals surface area contributed by atoms with Crippen molar-refractivity contribution in [1.29, 1.82) is 0 Å². The van der Waals surface area contributed by atoms with Gasteiger partial charge in [-0.15, -0.1) is 22.7 Å². The summed E-state index contributed by atoms with van der Waals surface area (Å²) in [5.41, 5.74) is 0. The van der Waals surface area contributed by atoms with Crippen LogP contribution < -0.4 is 4.72 Å². The Bertz CT molecular complexity index is 850. The van der Waals surface area contributed by atoms with Gasteiger partial charge in [0, 0.05) is 17.8 Å². The average molecular weight is 355 g/mol. The van der Waals surface area contributed by atoms with Gasteiger partial charge in [0.05, 0.1) is 4.88 Å². The molecule has 3 aromatic rings. The normalized spacial score (nSPS) is 11.9. The van der Waals surface area contributed by atoms with E-state index in [1.54, 1.807) is 12.1 Å². The van der Waals surface area contributed by atoms with Crippen molar-refractivity contribution in [2.45, 2.75) is 17.6 Å². The van der Waals surface area contributed by atoms with E-state index in [2.05, 4.69) is 14.9 Å². The van der Waals surface area contributed by atoms with Gasteiger partial charge in [-0.05, 0) is 30.5 Å². The fourth-order valence-electron chi connectivity index (χ4n) is 1.78. The molecule has 0 fully saturated rings. The molecule has 0 saturated carbocycles. The van der Waals surface area contributed by atoms with E-state index in [9.17, 15) is 8.42 Å². The van der Waals surface area contributed by atoms with Crippen LogP contribution in [0.2, 0.25) is 0 Å². The second kappa shape index (κ2) is 6.29. The monoisotopic (exact) mass is 355 g/mol. The summed E-state index contributed by atoms with van der Waals surface area (Å²) in [6, 6.07) is 7.20. The molecule has 0 bridgehead atoms. The van der Waals surface area contributed by atoms with Crippen molar-refractivity contribution in [3.8, 4) is 10.7 Å². The van der Waals surface area contributed by atoms with Crippen molar-refractivity contribution >= 4 is 32.7 Å². The van der Waals surface area contributed by atoms with E-state index in [0.717, 1.165) is 9.75 Å². The van der Waals surface area contributed by atoms with E-state index in [-0.39, 0.29) is 6.54 Å². The number of nitrogens with one attached hydrogen (secondary N) is 1. The number of nitrogens with zero attached hydrogens (tertiary/aromatic N) is 2. The molecule has 22 heavy (non-hydrogen) atoms. The third-order valence-electron chi connectivity index (χ3n) is 2.82. The molecular weight excluding hydrogens is 342 g/mol. The minimum absolute atomic E-state index is 0.214. The van der Waals surface area contributed by atoms with E-state index in [1.807, 2.05) is 24.4 Å². The summed E-state index contributed by atoms with van der Waals surface area (Å²) in [5.74, 6) is 0.940. The molecule has 0 aliphatic carbocycles. The van der Waals surface area contributed by atoms with Crippen LogP contribution >= 0.6 is 22.7 Å². The zero-order chi connectivity index (χ0) is 15.6. The maximum Gasteiger partial charge on any atom is 0.250 e. The summed E-state index contributed by atoms with van der Waals surface area (Å²) >= 11 is 2.76. The molecule has 0 unspecified atom stereocenters. The first-order chi connectivity index (χ1) is 10.5. The summed E-state index contributed by atoms with van der Waals surface area (Å²) in [4.78, 5) is 6.13. The molecule has 3 heterocycles. The second-order valence-electron chi connectivity index (χ2n) is 4.50. The van der Waals surface area contributed by atoms with Gasteiger partial charge in [0.1, 0.15) is 4.21 Å². The second-order valence-corrected chi connectivity index (χ2v) is 8.73. The fourth-order valence-corrected chi connectivity index (χ4v) is 4.79. The number of rotatable bonds is 6. The van der Waals surface area contributed by atoms with Gasteiger partial charge in [-0.25, -0.2) is 13.1 Å². The van der Waals surface area contributed by atoms with Gasteiger partial charge in [0.2, 0.25) is 21.7 Å². The predicted molar refractivity (Wildman–Crippen MR) is 85.6 cm³/mol. The number of aromatic nitrogens is 2. The van der Waals surface area contributed by atoms with Crippen molar-refractivity contribution in [1.82, 2.24) is 14.9 Å². The van der Waals surface area contributed by atoms with Crippen LogP contribution in [0.3, 0.4) is 0 Å². The van der Waals surface area contributed by atoms with E-state index < -0.39 is 10.0 Å². The maximum atomic E-state index is 12.1. The molecule has 9 heteroatoms. The maximum absolute atomic E-state index is 12.1. The van der Waals surface area contributed by atoms with Crippen molar-refractivity contribution in [2.75, 3.05) is 6.54 Å². The average Bonchev–Trinajstić information content (AvgIpc) is 3.18. The molecule has 0 aliphatic heterocycles. The topological polar surface area (TPSA) is 85.1 Å². The van der Waals surface area contributed by atoms with E-state index in [4.69, 9.17) is 4.52 Å². The van der Waals surface area contributed by atoms with Crippen molar-refractivity contribution in [3.05, 3.63) is 40.4 Å². The highest BCUT2D eigenvalue weighted by Crippen LogP contribution is 2.22. The van der Waals surface area contributed by atoms with Crippen LogP contribution in [-0.2, 0) is 16.4 Å². The molecule has 3 aromatic heterocycles. The van der Waals surface area contributed by atoms with Crippen LogP contribution in [0.15, 0.2) is 38.4 Å². The summed E-state index contributed by atoms with van der Waals surface area (Å²) < 4.78 is 32.1. The van der Waals surface area contributed by atoms with Crippen LogP contribution in [0.4, 0.5) is 0 Å². The quantitative estimate of drug-likeness (QED) is 0.735. The third-order valence-corrected chi connectivity index (χ3v) is 6.64. The van der Waals surface area contributed by atoms with Gasteiger partial charge in [-0.2, -0.15) is 4.98 Å². The Morgan fingerprint density at radius 3 is 2.86 bits per heavy atom. The lowest BCUT2D eigenvalue weighted by molar-refractivity contribution is 0.379. The Morgan fingerprint density at radius 2 is 2.18 bits per heavy atom. The number of thiophene rings is 2. The first-order valence-electron chi connectivity index (χ1n) is 6.47. The van der Waals surface area contributed by atoms with Crippen LogP contribution in [0.25, 0.3) is 10.7 Å². The molecule has 116 valence electrons. The van der Waals surface area contributed by atoms with Crippen LogP contribution in [0.5, 0.6) is 0 Å². The molecule has 0 aliphatic rings. The molecule has 0 atom stereocenters. The Balaban J connectivity index is 1.59. The number of sulfonamides is 1. The molecular formula is C13H13N3O3S3. The Labute approximate surface area is 135 Å². The van der Waals surface area contributed by atoms with Gasteiger partial charge in [0.25, 0.3) is 0 Å². The lowest BCUT2D eigenvalue weighted by Gasteiger charge is -2.02. The van der Waals surface area contributed by atoms with Crippen LogP contribution in [-0.4, -0.2) is 25.1 Å². The van der Waals surface area contributed by atoms with Gasteiger partial charge < -0.3 is 4.52 Å². The molecule has 0 spiro atoms.